The molecule has 0 aromatic carbocycles. The van der Waals surface area contributed by atoms with E-state index < -0.39 is 5.34 Å². The molecule has 0 saturated carbocycles. The van der Waals surface area contributed by atoms with Crippen LogP contribution in [0.4, 0.5) is 8.96 Å². The first-order chi connectivity index (χ1) is 2.77. The van der Waals surface area contributed by atoms with E-state index in [-0.39, 0.29) is 6.67 Å². The van der Waals surface area contributed by atoms with Gasteiger partial charge in [-0.1, -0.05) is 0 Å². The van der Waals surface area contributed by atoms with Crippen molar-refractivity contribution >= 4 is 0 Å². The molecule has 0 aliphatic rings. The molecule has 0 aliphatic carbocycles. The van der Waals surface area contributed by atoms with Gasteiger partial charge < -0.3 is 5.32 Å². The highest BCUT2D eigenvalue weighted by Gasteiger charge is 1.89. The van der Waals surface area contributed by atoms with Crippen molar-refractivity contribution in [2.75, 3.05) is 13.7 Å². The van der Waals surface area contributed by atoms with Crippen LogP contribution in [-0.2, 0) is 0 Å². The second-order valence-electron chi connectivity index (χ2n) is 0.815. The van der Waals surface area contributed by atoms with Crippen molar-refractivity contribution < 1.29 is 8.96 Å². The Morgan fingerprint density at radius 2 is 2.17 bits per heavy atom. The molecule has 0 heterocycles. The Balaban J connectivity index is 2.63. The van der Waals surface area contributed by atoms with E-state index in [9.17, 15) is 8.96 Å². The van der Waals surface area contributed by atoms with Gasteiger partial charge in [0.25, 0.3) is 0 Å². The third-order valence-electron chi connectivity index (χ3n) is 0.278. The molecule has 0 unspecified atom stereocenters. The Bertz CT molecular complexity index is 30.7. The molecule has 0 radical (unpaired) electrons. The smallest absolute Gasteiger partial charge is 0.111 e. The molecule has 2 nitrogen and oxygen atoms in total. The lowest BCUT2D eigenvalue weighted by atomic mass is 11.1. The van der Waals surface area contributed by atoms with E-state index in [0.29, 0.717) is 0 Å². The zero-order chi connectivity index (χ0) is 4.99. The maximum atomic E-state index is 10.8. The van der Waals surface area contributed by atoms with Crippen LogP contribution in [0.25, 0.3) is 0 Å². The van der Waals surface area contributed by atoms with Crippen LogP contribution >= 0.6 is 0 Å². The third kappa shape index (κ3) is 3.78. The first kappa shape index (κ1) is 5.78. The molecule has 6 heavy (non-hydrogen) atoms. The fourth-order valence-electron chi connectivity index (χ4n) is 0.120. The number of hydrogen-bond acceptors (Lipinski definition) is 2. The van der Waals surface area contributed by atoms with Crippen molar-refractivity contribution in [1.82, 2.24) is 10.7 Å². The predicted octanol–water partition coefficient (Wildman–Crippen LogP) is 0.234. The van der Waals surface area contributed by atoms with Gasteiger partial charge in [-0.05, 0) is 7.05 Å². The molecule has 0 aromatic rings. The summed E-state index contributed by atoms with van der Waals surface area (Å²) in [4.78, 5) is 0. The van der Waals surface area contributed by atoms with Crippen LogP contribution in [0.2, 0.25) is 0 Å². The fourth-order valence-corrected chi connectivity index (χ4v) is 0.120. The lowest BCUT2D eigenvalue weighted by Crippen LogP contribution is -2.17. The molecule has 38 valence electrons. The summed E-state index contributed by atoms with van der Waals surface area (Å²) in [6, 6.07) is 0. The molecule has 0 bridgehead atoms. The summed E-state index contributed by atoms with van der Waals surface area (Å²) in [5.41, 5.74) is 0. The maximum absolute atomic E-state index is 10.8. The average molecular weight is 96.1 g/mol. The Hall–Kier alpha value is -0.220. The molecular weight excluding hydrogens is 90.0 g/mol. The molecule has 0 atom stereocenters. The molecule has 0 fully saturated rings. The molecule has 4 heteroatoms. The highest BCUT2D eigenvalue weighted by Crippen LogP contribution is 1.80. The Labute approximate surface area is 34.6 Å². The summed E-state index contributed by atoms with van der Waals surface area (Å²) in [5, 5.41) is 1.31. The zero-order valence-electron chi connectivity index (χ0n) is 3.41. The highest BCUT2D eigenvalue weighted by molar-refractivity contribution is 4.15. The molecule has 0 saturated heterocycles. The van der Waals surface area contributed by atoms with Gasteiger partial charge >= 0.3 is 0 Å². The summed E-state index contributed by atoms with van der Waals surface area (Å²) in [6.45, 7) is -0.375. The van der Waals surface area contributed by atoms with E-state index >= 15 is 0 Å². The monoisotopic (exact) mass is 96.0 g/mol. The van der Waals surface area contributed by atoms with Gasteiger partial charge in [-0.15, -0.1) is 8.96 Å². The Morgan fingerprint density at radius 1 is 1.67 bits per heavy atom. The van der Waals surface area contributed by atoms with Crippen LogP contribution in [0, 0.1) is 0 Å². The molecule has 0 spiro atoms. The second-order valence-corrected chi connectivity index (χ2v) is 0.815. The van der Waals surface area contributed by atoms with Crippen molar-refractivity contribution in [1.29, 1.82) is 0 Å². The van der Waals surface area contributed by atoms with Crippen LogP contribution in [0.15, 0.2) is 0 Å². The van der Waals surface area contributed by atoms with Crippen molar-refractivity contribution in [2.24, 2.45) is 0 Å². The van der Waals surface area contributed by atoms with Crippen molar-refractivity contribution in [3.8, 4) is 0 Å². The Morgan fingerprint density at radius 3 is 2.17 bits per heavy atom. The maximum Gasteiger partial charge on any atom is 0.111 e. The van der Waals surface area contributed by atoms with Crippen LogP contribution in [-0.4, -0.2) is 19.1 Å². The summed E-state index contributed by atoms with van der Waals surface area (Å²) in [5.74, 6) is 0. The molecule has 0 aromatic heterocycles. The molecule has 1 N–H and O–H groups in total. The van der Waals surface area contributed by atoms with Gasteiger partial charge in [0.2, 0.25) is 0 Å². The van der Waals surface area contributed by atoms with Gasteiger partial charge in [0.15, 0.2) is 0 Å². The lowest BCUT2D eigenvalue weighted by molar-refractivity contribution is -0.156. The molecular formula is C2H6F2N2. The highest BCUT2D eigenvalue weighted by atomic mass is 19.4. The van der Waals surface area contributed by atoms with Gasteiger partial charge in [-0.3, -0.25) is 0 Å². The Kier molecular flexibility index (Phi) is 2.88. The van der Waals surface area contributed by atoms with Crippen LogP contribution < -0.4 is 5.32 Å². The quantitative estimate of drug-likeness (QED) is 0.391. The zero-order valence-corrected chi connectivity index (χ0v) is 3.41. The first-order valence-electron chi connectivity index (χ1n) is 1.51. The van der Waals surface area contributed by atoms with E-state index in [4.69, 9.17) is 0 Å². The van der Waals surface area contributed by atoms with Gasteiger partial charge in [0.05, 0.1) is 0 Å². The van der Waals surface area contributed by atoms with E-state index in [0.717, 1.165) is 0 Å². The molecule has 0 aliphatic heterocycles. The predicted molar refractivity (Wildman–Crippen MR) is 18.0 cm³/mol. The van der Waals surface area contributed by atoms with E-state index in [2.05, 4.69) is 5.32 Å². The topological polar surface area (TPSA) is 15.3 Å². The number of rotatable bonds is 2. The fraction of sp³-hybridized carbons (Fsp3) is 1.00. The van der Waals surface area contributed by atoms with E-state index in [1.165, 1.54) is 7.05 Å². The van der Waals surface area contributed by atoms with Gasteiger partial charge in [-0.25, -0.2) is 0 Å². The van der Waals surface area contributed by atoms with Crippen molar-refractivity contribution in [3.63, 3.8) is 0 Å². The van der Waals surface area contributed by atoms with Gasteiger partial charge in [0.1, 0.15) is 6.67 Å². The summed E-state index contributed by atoms with van der Waals surface area (Å²) < 4.78 is 21.6. The minimum Gasteiger partial charge on any atom is -0.303 e. The summed E-state index contributed by atoms with van der Waals surface area (Å²) in [6.07, 6.45) is 0. The van der Waals surface area contributed by atoms with Crippen molar-refractivity contribution in [2.45, 2.75) is 0 Å². The third-order valence-corrected chi connectivity index (χ3v) is 0.278. The minimum absolute atomic E-state index is 0.375. The van der Waals surface area contributed by atoms with Crippen LogP contribution in [0.1, 0.15) is 0 Å². The van der Waals surface area contributed by atoms with E-state index in [1.807, 2.05) is 0 Å². The van der Waals surface area contributed by atoms with E-state index in [1.54, 1.807) is 0 Å². The minimum atomic E-state index is -0.931. The SMILES string of the molecule is CNCN(F)F. The summed E-state index contributed by atoms with van der Waals surface area (Å²) in [7, 11) is 1.45. The second kappa shape index (κ2) is 2.99. The number of nitrogens with zero attached hydrogens (tertiary/aromatic N) is 1. The lowest BCUT2D eigenvalue weighted by Gasteiger charge is -1.93. The normalized spacial score (nSPS) is 10.0. The molecule has 0 rings (SSSR count). The average Bonchev–Trinajstić information content (AvgIpc) is 1.35. The summed E-state index contributed by atoms with van der Waals surface area (Å²) >= 11 is 0. The number of hydrogen-bond donors (Lipinski definition) is 1. The van der Waals surface area contributed by atoms with Gasteiger partial charge in [-0.2, -0.15) is 0 Å². The van der Waals surface area contributed by atoms with Crippen molar-refractivity contribution in [3.05, 3.63) is 0 Å². The standard InChI is InChI=1S/C2H6F2N2/c1-5-2-6(3)4/h5H,2H2,1H3. The first-order valence-corrected chi connectivity index (χ1v) is 1.51. The van der Waals surface area contributed by atoms with Gasteiger partial charge in [0, 0.05) is 5.34 Å². The number of halogens is 2. The largest absolute Gasteiger partial charge is 0.303 e. The molecule has 0 amide bonds. The number of nitrogens with one attached hydrogen (secondary N) is 1. The van der Waals surface area contributed by atoms with Crippen LogP contribution in [0.3, 0.4) is 0 Å². The van der Waals surface area contributed by atoms with Crippen LogP contribution in [0.5, 0.6) is 0 Å².